The number of hydrogen-bond donors (Lipinski definition) is 0. The van der Waals surface area contributed by atoms with Crippen LogP contribution in [-0.4, -0.2) is 41.8 Å². The summed E-state index contributed by atoms with van der Waals surface area (Å²) in [6, 6.07) is -0.515. The van der Waals surface area contributed by atoms with Gasteiger partial charge in [0.05, 0.1) is 6.61 Å². The molecule has 1 amide bonds. The monoisotopic (exact) mass is 271 g/mol. The highest BCUT2D eigenvalue weighted by Gasteiger charge is 2.37. The number of hydrogen-bond acceptors (Lipinski definition) is 4. The Morgan fingerprint density at radius 2 is 1.95 bits per heavy atom. The van der Waals surface area contributed by atoms with Gasteiger partial charge in [0, 0.05) is 6.54 Å². The van der Waals surface area contributed by atoms with Gasteiger partial charge in [-0.1, -0.05) is 6.92 Å². The molecule has 0 N–H and O–H groups in total. The van der Waals surface area contributed by atoms with E-state index < -0.39 is 17.7 Å². The maximum Gasteiger partial charge on any atom is 0.411 e. The fourth-order valence-electron chi connectivity index (χ4n) is 2.14. The van der Waals surface area contributed by atoms with Crippen molar-refractivity contribution in [2.24, 2.45) is 5.92 Å². The number of carbonyl (C=O) groups excluding carboxylic acids is 2. The van der Waals surface area contributed by atoms with Crippen molar-refractivity contribution in [3.8, 4) is 0 Å². The Bertz CT molecular complexity index is 335. The largest absolute Gasteiger partial charge is 0.464 e. The zero-order valence-electron chi connectivity index (χ0n) is 12.6. The highest BCUT2D eigenvalue weighted by Crippen LogP contribution is 2.25. The summed E-state index contributed by atoms with van der Waals surface area (Å²) in [5.41, 5.74) is -0.556. The molecule has 2 atom stereocenters. The van der Waals surface area contributed by atoms with Crippen molar-refractivity contribution in [2.45, 2.75) is 59.1 Å². The number of ether oxygens (including phenoxy) is 2. The molecule has 5 nitrogen and oxygen atoms in total. The van der Waals surface area contributed by atoms with Crippen LogP contribution in [0.25, 0.3) is 0 Å². The highest BCUT2D eigenvalue weighted by atomic mass is 16.6. The van der Waals surface area contributed by atoms with Crippen molar-refractivity contribution >= 4 is 12.1 Å². The van der Waals surface area contributed by atoms with E-state index in [1.807, 2.05) is 20.8 Å². The van der Waals surface area contributed by atoms with E-state index in [9.17, 15) is 9.59 Å². The fourth-order valence-corrected chi connectivity index (χ4v) is 2.14. The lowest BCUT2D eigenvalue weighted by Gasteiger charge is -2.37. The van der Waals surface area contributed by atoms with Crippen molar-refractivity contribution < 1.29 is 19.1 Å². The van der Waals surface area contributed by atoms with Crippen LogP contribution in [0.4, 0.5) is 4.79 Å². The minimum Gasteiger partial charge on any atom is -0.464 e. The van der Waals surface area contributed by atoms with E-state index >= 15 is 0 Å². The van der Waals surface area contributed by atoms with E-state index in [0.29, 0.717) is 25.5 Å². The number of likely N-dealkylation sites (tertiary alicyclic amines) is 1. The molecule has 0 bridgehead atoms. The molecule has 0 aromatic rings. The van der Waals surface area contributed by atoms with E-state index in [1.165, 1.54) is 4.90 Å². The molecule has 5 heteroatoms. The molecule has 1 saturated heterocycles. The quantitative estimate of drug-likeness (QED) is 0.724. The first-order valence-electron chi connectivity index (χ1n) is 6.91. The van der Waals surface area contributed by atoms with Crippen LogP contribution in [0, 0.1) is 5.92 Å². The van der Waals surface area contributed by atoms with Crippen LogP contribution < -0.4 is 0 Å². The molecule has 0 spiro atoms. The van der Waals surface area contributed by atoms with Crippen LogP contribution in [0.2, 0.25) is 0 Å². The fraction of sp³-hybridized carbons (Fsp3) is 0.857. The molecular formula is C14H25NO4. The summed E-state index contributed by atoms with van der Waals surface area (Å²) >= 11 is 0. The molecule has 1 aliphatic rings. The van der Waals surface area contributed by atoms with Crippen LogP contribution >= 0.6 is 0 Å². The first-order valence-corrected chi connectivity index (χ1v) is 6.91. The minimum atomic E-state index is -0.556. The number of amides is 1. The van der Waals surface area contributed by atoms with Gasteiger partial charge in [-0.25, -0.2) is 9.59 Å². The predicted octanol–water partition coefficient (Wildman–Crippen LogP) is 2.59. The summed E-state index contributed by atoms with van der Waals surface area (Å²) in [5, 5.41) is 0. The van der Waals surface area contributed by atoms with E-state index in [-0.39, 0.29) is 5.97 Å². The number of piperidine rings is 1. The SMILES string of the molecule is CCOC(=O)[C@H]1C[C@H](C)CCN1C(=O)OC(C)(C)C. The summed E-state index contributed by atoms with van der Waals surface area (Å²) in [7, 11) is 0. The van der Waals surface area contributed by atoms with Gasteiger partial charge in [0.15, 0.2) is 0 Å². The Balaban J connectivity index is 2.77. The lowest BCUT2D eigenvalue weighted by atomic mass is 9.93. The molecule has 1 fully saturated rings. The third kappa shape index (κ3) is 4.73. The summed E-state index contributed by atoms with van der Waals surface area (Å²) in [4.78, 5) is 25.6. The van der Waals surface area contributed by atoms with Crippen LogP contribution in [-0.2, 0) is 14.3 Å². The van der Waals surface area contributed by atoms with E-state index in [1.54, 1.807) is 6.92 Å². The van der Waals surface area contributed by atoms with Gasteiger partial charge in [0.1, 0.15) is 11.6 Å². The lowest BCUT2D eigenvalue weighted by molar-refractivity contribution is -0.151. The second-order valence-corrected chi connectivity index (χ2v) is 6.07. The van der Waals surface area contributed by atoms with E-state index in [0.717, 1.165) is 6.42 Å². The molecule has 1 rings (SSSR count). The van der Waals surface area contributed by atoms with Crippen LogP contribution in [0.3, 0.4) is 0 Å². The number of carbonyl (C=O) groups is 2. The Morgan fingerprint density at radius 1 is 1.32 bits per heavy atom. The van der Waals surface area contributed by atoms with Crippen LogP contribution in [0.5, 0.6) is 0 Å². The van der Waals surface area contributed by atoms with Gasteiger partial charge < -0.3 is 9.47 Å². The van der Waals surface area contributed by atoms with Gasteiger partial charge in [-0.05, 0) is 46.5 Å². The van der Waals surface area contributed by atoms with Crippen molar-refractivity contribution in [3.63, 3.8) is 0 Å². The third-order valence-corrected chi connectivity index (χ3v) is 3.05. The first kappa shape index (κ1) is 15.8. The second-order valence-electron chi connectivity index (χ2n) is 6.07. The summed E-state index contributed by atoms with van der Waals surface area (Å²) in [6.07, 6.45) is 1.09. The number of esters is 1. The van der Waals surface area contributed by atoms with Crippen LogP contribution in [0.1, 0.15) is 47.5 Å². The molecule has 0 aromatic heterocycles. The van der Waals surface area contributed by atoms with Gasteiger partial charge in [-0.2, -0.15) is 0 Å². The average Bonchev–Trinajstić information content (AvgIpc) is 2.26. The maximum absolute atomic E-state index is 12.1. The molecule has 0 radical (unpaired) electrons. The second kappa shape index (κ2) is 6.26. The van der Waals surface area contributed by atoms with E-state index in [4.69, 9.17) is 9.47 Å². The Morgan fingerprint density at radius 3 is 2.47 bits per heavy atom. The topological polar surface area (TPSA) is 55.8 Å². The molecule has 110 valence electrons. The molecule has 1 aliphatic heterocycles. The Kier molecular flexibility index (Phi) is 5.20. The molecular weight excluding hydrogens is 246 g/mol. The summed E-state index contributed by atoms with van der Waals surface area (Å²) < 4.78 is 10.4. The number of nitrogens with zero attached hydrogens (tertiary/aromatic N) is 1. The third-order valence-electron chi connectivity index (χ3n) is 3.05. The van der Waals surface area contributed by atoms with Crippen molar-refractivity contribution in [1.82, 2.24) is 4.90 Å². The van der Waals surface area contributed by atoms with E-state index in [2.05, 4.69) is 6.92 Å². The maximum atomic E-state index is 12.1. The van der Waals surface area contributed by atoms with Gasteiger partial charge in [-0.3, -0.25) is 4.90 Å². The van der Waals surface area contributed by atoms with Crippen molar-refractivity contribution in [2.75, 3.05) is 13.2 Å². The predicted molar refractivity (Wildman–Crippen MR) is 71.8 cm³/mol. The summed E-state index contributed by atoms with van der Waals surface area (Å²) in [5.74, 6) is 0.0769. The molecule has 1 heterocycles. The first-order chi connectivity index (χ1) is 8.74. The van der Waals surface area contributed by atoms with Gasteiger partial charge in [0.25, 0.3) is 0 Å². The zero-order chi connectivity index (χ0) is 14.6. The molecule has 19 heavy (non-hydrogen) atoms. The molecule has 0 unspecified atom stereocenters. The Hall–Kier alpha value is -1.26. The summed E-state index contributed by atoms with van der Waals surface area (Å²) in [6.45, 7) is 10.2. The normalized spacial score (nSPS) is 23.9. The van der Waals surface area contributed by atoms with Crippen LogP contribution in [0.15, 0.2) is 0 Å². The van der Waals surface area contributed by atoms with Crippen molar-refractivity contribution in [3.05, 3.63) is 0 Å². The van der Waals surface area contributed by atoms with Crippen molar-refractivity contribution in [1.29, 1.82) is 0 Å². The van der Waals surface area contributed by atoms with Gasteiger partial charge in [-0.15, -0.1) is 0 Å². The molecule has 0 aliphatic carbocycles. The Labute approximate surface area is 115 Å². The highest BCUT2D eigenvalue weighted by molar-refractivity contribution is 5.81. The molecule has 0 saturated carbocycles. The standard InChI is InChI=1S/C14H25NO4/c1-6-18-12(16)11-9-10(2)7-8-15(11)13(17)19-14(3,4)5/h10-11H,6-9H2,1-5H3/t10-,11-/m1/s1. The smallest absolute Gasteiger partial charge is 0.411 e. The lowest BCUT2D eigenvalue weighted by Crippen LogP contribution is -2.51. The zero-order valence-corrected chi connectivity index (χ0v) is 12.6. The van der Waals surface area contributed by atoms with Gasteiger partial charge >= 0.3 is 12.1 Å². The molecule has 0 aromatic carbocycles. The average molecular weight is 271 g/mol. The van der Waals surface area contributed by atoms with Gasteiger partial charge in [0.2, 0.25) is 0 Å². The minimum absolute atomic E-state index is 0.325. The number of rotatable bonds is 2.